The monoisotopic (exact) mass is 182 g/mol. The summed E-state index contributed by atoms with van der Waals surface area (Å²) in [5.74, 6) is -0.946. The van der Waals surface area contributed by atoms with Crippen LogP contribution in [0.3, 0.4) is 0 Å². The summed E-state index contributed by atoms with van der Waals surface area (Å²) in [5.41, 5.74) is 0.767. The molecule has 0 amide bonds. The van der Waals surface area contributed by atoms with Gasteiger partial charge in [-0.05, 0) is 37.5 Å². The van der Waals surface area contributed by atoms with Gasteiger partial charge in [0.25, 0.3) is 0 Å². The molecule has 0 saturated carbocycles. The molecule has 0 saturated heterocycles. The summed E-state index contributed by atoms with van der Waals surface area (Å²) in [6.07, 6.45) is 3.11. The predicted molar refractivity (Wildman–Crippen MR) is 49.6 cm³/mol. The smallest absolute Gasteiger partial charge is 0.129 e. The average Bonchev–Trinajstić information content (AvgIpc) is 2.10. The van der Waals surface area contributed by atoms with Crippen LogP contribution < -0.4 is 0 Å². The Kier molecular flexibility index (Phi) is 3.18. The number of rotatable bonds is 3. The Hall–Kier alpha value is -1.18. The first-order valence-electron chi connectivity index (χ1n) is 4.20. The Morgan fingerprint density at radius 2 is 1.85 bits per heavy atom. The molecule has 1 aromatic carbocycles. The molecule has 0 atom stereocenters. The van der Waals surface area contributed by atoms with E-state index >= 15 is 0 Å². The van der Waals surface area contributed by atoms with E-state index in [1.165, 1.54) is 19.1 Å². The number of halogens is 2. The number of benzene rings is 1. The summed E-state index contributed by atoms with van der Waals surface area (Å²) in [6, 6.07) is 2.75. The molecular weight excluding hydrogens is 170 g/mol. The molecule has 70 valence electrons. The lowest BCUT2D eigenvalue weighted by atomic mass is 10.1. The number of hydrogen-bond donors (Lipinski definition) is 0. The molecular formula is C11H12F2. The maximum absolute atomic E-state index is 13.0. The maximum atomic E-state index is 13.0. The van der Waals surface area contributed by atoms with Crippen LogP contribution in [0.2, 0.25) is 0 Å². The van der Waals surface area contributed by atoms with Gasteiger partial charge in [-0.25, -0.2) is 8.78 Å². The largest absolute Gasteiger partial charge is 0.207 e. The highest BCUT2D eigenvalue weighted by Gasteiger charge is 2.05. The van der Waals surface area contributed by atoms with Crippen molar-refractivity contribution in [2.75, 3.05) is 0 Å². The van der Waals surface area contributed by atoms with Gasteiger partial charge in [0.05, 0.1) is 0 Å². The summed E-state index contributed by atoms with van der Waals surface area (Å²) >= 11 is 0. The Morgan fingerprint density at radius 1 is 1.31 bits per heavy atom. The van der Waals surface area contributed by atoms with Crippen LogP contribution in [0.4, 0.5) is 8.78 Å². The van der Waals surface area contributed by atoms with Gasteiger partial charge in [-0.2, -0.15) is 0 Å². The van der Waals surface area contributed by atoms with Crippen molar-refractivity contribution >= 4 is 0 Å². The van der Waals surface area contributed by atoms with E-state index in [2.05, 4.69) is 6.58 Å². The molecule has 0 heterocycles. The number of aryl methyl sites for hydroxylation is 1. The fraction of sp³-hybridized carbons (Fsp3) is 0.273. The lowest BCUT2D eigenvalue weighted by Crippen LogP contribution is -1.93. The van der Waals surface area contributed by atoms with Crippen molar-refractivity contribution in [1.82, 2.24) is 0 Å². The Labute approximate surface area is 76.9 Å². The summed E-state index contributed by atoms with van der Waals surface area (Å²) in [5, 5.41) is 0. The molecule has 0 spiro atoms. The topological polar surface area (TPSA) is 0 Å². The van der Waals surface area contributed by atoms with Gasteiger partial charge >= 0.3 is 0 Å². The van der Waals surface area contributed by atoms with Crippen LogP contribution in [0.1, 0.15) is 17.5 Å². The van der Waals surface area contributed by atoms with Crippen LogP contribution in [-0.4, -0.2) is 0 Å². The van der Waals surface area contributed by atoms with Crippen LogP contribution in [0.25, 0.3) is 0 Å². The van der Waals surface area contributed by atoms with Gasteiger partial charge in [-0.15, -0.1) is 6.58 Å². The molecule has 0 aliphatic carbocycles. The van der Waals surface area contributed by atoms with E-state index in [1.54, 1.807) is 6.08 Å². The van der Waals surface area contributed by atoms with E-state index < -0.39 is 11.6 Å². The van der Waals surface area contributed by atoms with E-state index in [9.17, 15) is 8.78 Å². The van der Waals surface area contributed by atoms with Crippen molar-refractivity contribution in [2.45, 2.75) is 19.8 Å². The highest BCUT2D eigenvalue weighted by atomic mass is 19.1. The van der Waals surface area contributed by atoms with Gasteiger partial charge in [0.1, 0.15) is 11.6 Å². The zero-order chi connectivity index (χ0) is 9.84. The normalized spacial score (nSPS) is 10.1. The molecule has 13 heavy (non-hydrogen) atoms. The lowest BCUT2D eigenvalue weighted by Gasteiger charge is -2.02. The minimum Gasteiger partial charge on any atom is -0.207 e. The molecule has 0 aromatic heterocycles. The van der Waals surface area contributed by atoms with E-state index in [0.29, 0.717) is 12.0 Å². The van der Waals surface area contributed by atoms with Gasteiger partial charge in [-0.1, -0.05) is 6.08 Å². The van der Waals surface area contributed by atoms with Crippen LogP contribution in [-0.2, 0) is 6.42 Å². The molecule has 0 nitrogen and oxygen atoms in total. The van der Waals surface area contributed by atoms with Gasteiger partial charge in [0, 0.05) is 5.56 Å². The first kappa shape index (κ1) is 9.90. The molecule has 0 radical (unpaired) electrons. The second-order valence-electron chi connectivity index (χ2n) is 3.01. The molecule has 1 rings (SSSR count). The summed E-state index contributed by atoms with van der Waals surface area (Å²) in [4.78, 5) is 0. The van der Waals surface area contributed by atoms with Gasteiger partial charge in [0.15, 0.2) is 0 Å². The van der Waals surface area contributed by atoms with Crippen molar-refractivity contribution in [3.8, 4) is 0 Å². The Bertz CT molecular complexity index is 293. The molecule has 2 heteroatoms. The van der Waals surface area contributed by atoms with Crippen LogP contribution in [0.5, 0.6) is 0 Å². The zero-order valence-corrected chi connectivity index (χ0v) is 7.61. The second-order valence-corrected chi connectivity index (χ2v) is 3.01. The number of hydrogen-bond acceptors (Lipinski definition) is 0. The quantitative estimate of drug-likeness (QED) is 0.628. The molecule has 0 fully saturated rings. The van der Waals surface area contributed by atoms with Gasteiger partial charge in [-0.3, -0.25) is 0 Å². The maximum Gasteiger partial charge on any atom is 0.129 e. The third-order valence-corrected chi connectivity index (χ3v) is 1.98. The third-order valence-electron chi connectivity index (χ3n) is 1.98. The van der Waals surface area contributed by atoms with E-state index in [1.807, 2.05) is 0 Å². The molecule has 0 unspecified atom stereocenters. The highest BCUT2D eigenvalue weighted by Crippen LogP contribution is 2.15. The minimum atomic E-state index is -0.473. The van der Waals surface area contributed by atoms with E-state index in [4.69, 9.17) is 0 Å². The first-order valence-corrected chi connectivity index (χ1v) is 4.20. The first-order chi connectivity index (χ1) is 6.15. The minimum absolute atomic E-state index is 0.0855. The summed E-state index contributed by atoms with van der Waals surface area (Å²) in [6.45, 7) is 4.98. The third kappa shape index (κ3) is 2.38. The van der Waals surface area contributed by atoms with Crippen molar-refractivity contribution < 1.29 is 8.78 Å². The van der Waals surface area contributed by atoms with Crippen molar-refractivity contribution in [1.29, 1.82) is 0 Å². The number of allylic oxidation sites excluding steroid dienone is 1. The van der Waals surface area contributed by atoms with E-state index in [0.717, 1.165) is 6.42 Å². The SMILES string of the molecule is C=CCCc1cc(F)c(C)c(F)c1. The van der Waals surface area contributed by atoms with Gasteiger partial charge in [0.2, 0.25) is 0 Å². The standard InChI is InChI=1S/C11H12F2/c1-3-4-5-9-6-10(12)8(2)11(13)7-9/h3,6-7H,1,4-5H2,2H3. The second kappa shape index (κ2) is 4.17. The molecule has 0 bridgehead atoms. The van der Waals surface area contributed by atoms with E-state index in [-0.39, 0.29) is 5.56 Å². The Morgan fingerprint density at radius 3 is 2.31 bits per heavy atom. The average molecular weight is 182 g/mol. The van der Waals surface area contributed by atoms with Gasteiger partial charge < -0.3 is 0 Å². The molecule has 1 aromatic rings. The summed E-state index contributed by atoms with van der Waals surface area (Å²) in [7, 11) is 0. The fourth-order valence-electron chi connectivity index (χ4n) is 1.11. The molecule has 0 N–H and O–H groups in total. The summed E-state index contributed by atoms with van der Waals surface area (Å²) < 4.78 is 26.0. The fourth-order valence-corrected chi connectivity index (χ4v) is 1.11. The van der Waals surface area contributed by atoms with Crippen LogP contribution in [0, 0.1) is 18.6 Å². The van der Waals surface area contributed by atoms with Crippen molar-refractivity contribution in [3.05, 3.63) is 47.5 Å². The molecule has 0 aliphatic heterocycles. The highest BCUT2D eigenvalue weighted by molar-refractivity contribution is 5.25. The zero-order valence-electron chi connectivity index (χ0n) is 7.61. The van der Waals surface area contributed by atoms with Crippen LogP contribution in [0.15, 0.2) is 24.8 Å². The lowest BCUT2D eigenvalue weighted by molar-refractivity contribution is 0.564. The van der Waals surface area contributed by atoms with Crippen molar-refractivity contribution in [3.63, 3.8) is 0 Å². The predicted octanol–water partition coefficient (Wildman–Crippen LogP) is 3.39. The Balaban J connectivity index is 2.92. The van der Waals surface area contributed by atoms with Crippen LogP contribution >= 0.6 is 0 Å². The van der Waals surface area contributed by atoms with Crippen molar-refractivity contribution in [2.24, 2.45) is 0 Å². The molecule has 0 aliphatic rings.